The molecule has 0 spiro atoms. The van der Waals surface area contributed by atoms with Crippen molar-refractivity contribution in [3.63, 3.8) is 0 Å². The predicted molar refractivity (Wildman–Crippen MR) is 134 cm³/mol. The third-order valence-corrected chi connectivity index (χ3v) is 6.92. The molecule has 4 rings (SSSR count). The Morgan fingerprint density at radius 1 is 1.18 bits per heavy atom. The maximum Gasteiger partial charge on any atom is 0.262 e. The van der Waals surface area contributed by atoms with Crippen LogP contribution < -0.4 is 16.2 Å². The normalized spacial score (nSPS) is 11.4. The highest BCUT2D eigenvalue weighted by molar-refractivity contribution is 7.99. The molecule has 1 aromatic carbocycles. The average Bonchev–Trinajstić information content (AvgIpc) is 3.46. The number of thioether (sulfide) groups is 1. The maximum atomic E-state index is 13.3. The van der Waals surface area contributed by atoms with Crippen molar-refractivity contribution in [2.24, 2.45) is 0 Å². The molecule has 178 valence electrons. The van der Waals surface area contributed by atoms with Crippen molar-refractivity contribution in [1.82, 2.24) is 29.8 Å². The van der Waals surface area contributed by atoms with Crippen LogP contribution in [0, 0.1) is 6.92 Å². The highest BCUT2D eigenvalue weighted by atomic mass is 32.2. The van der Waals surface area contributed by atoms with Crippen molar-refractivity contribution < 1.29 is 9.59 Å². The van der Waals surface area contributed by atoms with Gasteiger partial charge in [0, 0.05) is 23.9 Å². The van der Waals surface area contributed by atoms with E-state index in [0.717, 1.165) is 10.4 Å². The van der Waals surface area contributed by atoms with Crippen molar-refractivity contribution >= 4 is 51.6 Å². The zero-order valence-electron chi connectivity index (χ0n) is 19.2. The lowest BCUT2D eigenvalue weighted by atomic mass is 10.1. The number of thiophene rings is 1. The summed E-state index contributed by atoms with van der Waals surface area (Å²) in [5.74, 6) is 0.255. The van der Waals surface area contributed by atoms with Gasteiger partial charge in [-0.1, -0.05) is 29.5 Å². The summed E-state index contributed by atoms with van der Waals surface area (Å²) in [5.41, 5.74) is 1.39. The third kappa shape index (κ3) is 5.31. The molecule has 11 heteroatoms. The Balaban J connectivity index is 1.63. The number of hydrogen-bond acceptors (Lipinski definition) is 7. The van der Waals surface area contributed by atoms with Gasteiger partial charge >= 0.3 is 0 Å². The summed E-state index contributed by atoms with van der Waals surface area (Å²) < 4.78 is 3.27. The number of nitrogens with one attached hydrogen (secondary N) is 2. The van der Waals surface area contributed by atoms with E-state index in [0.29, 0.717) is 28.4 Å². The van der Waals surface area contributed by atoms with Gasteiger partial charge in [-0.05, 0) is 44.4 Å². The van der Waals surface area contributed by atoms with Crippen molar-refractivity contribution in [3.05, 3.63) is 56.5 Å². The fourth-order valence-corrected chi connectivity index (χ4v) is 5.00. The molecular weight excluding hydrogens is 472 g/mol. The summed E-state index contributed by atoms with van der Waals surface area (Å²) in [6.07, 6.45) is 0.144. The monoisotopic (exact) mass is 498 g/mol. The van der Waals surface area contributed by atoms with Crippen LogP contribution in [-0.2, 0) is 22.7 Å². The zero-order chi connectivity index (χ0) is 24.2. The van der Waals surface area contributed by atoms with E-state index >= 15 is 0 Å². The van der Waals surface area contributed by atoms with E-state index in [1.165, 1.54) is 16.3 Å². The number of carbonyl (C=O) groups is 2. The molecule has 3 aromatic heterocycles. The summed E-state index contributed by atoms with van der Waals surface area (Å²) in [5, 5.41) is 17.3. The summed E-state index contributed by atoms with van der Waals surface area (Å²) in [6.45, 7) is 6.36. The molecule has 0 radical (unpaired) electrons. The standard InChI is InChI=1S/C23H26N6O3S2/c1-14(2)25-19(30)8-9-28-21(32)17-11-15(3)6-7-18(17)29-22(28)26-27-23(29)34-13-20(31)24-12-16-5-4-10-33-16/h4-7,10-11,14H,8-9,12-13H2,1-3H3,(H,24,31)(H,25,30). The molecule has 0 bridgehead atoms. The lowest BCUT2D eigenvalue weighted by Crippen LogP contribution is -2.32. The minimum atomic E-state index is -0.221. The van der Waals surface area contributed by atoms with Gasteiger partial charge in [0.1, 0.15) is 0 Å². The summed E-state index contributed by atoms with van der Waals surface area (Å²) in [6, 6.07) is 9.54. The first kappa shape index (κ1) is 24.0. The number of benzene rings is 1. The first-order valence-corrected chi connectivity index (χ1v) is 12.8. The third-order valence-electron chi connectivity index (χ3n) is 5.11. The van der Waals surface area contributed by atoms with E-state index in [1.54, 1.807) is 15.7 Å². The summed E-state index contributed by atoms with van der Waals surface area (Å²) >= 11 is 2.84. The van der Waals surface area contributed by atoms with Crippen LogP contribution in [0.25, 0.3) is 16.7 Å². The average molecular weight is 499 g/mol. The molecule has 0 atom stereocenters. The molecule has 2 N–H and O–H groups in total. The molecule has 0 aliphatic rings. The second-order valence-electron chi connectivity index (χ2n) is 8.21. The van der Waals surface area contributed by atoms with Crippen molar-refractivity contribution in [2.45, 2.75) is 51.5 Å². The Hall–Kier alpha value is -3.18. The molecule has 0 unspecified atom stereocenters. The van der Waals surface area contributed by atoms with Crippen LogP contribution in [-0.4, -0.2) is 42.8 Å². The highest BCUT2D eigenvalue weighted by Crippen LogP contribution is 2.22. The topological polar surface area (TPSA) is 110 Å². The molecule has 3 heterocycles. The van der Waals surface area contributed by atoms with Crippen LogP contribution in [0.4, 0.5) is 0 Å². The Bertz CT molecular complexity index is 1390. The molecular formula is C23H26N6O3S2. The Labute approximate surface area is 204 Å². The number of carbonyl (C=O) groups excluding carboxylic acids is 2. The number of hydrogen-bond donors (Lipinski definition) is 2. The number of aromatic nitrogens is 4. The highest BCUT2D eigenvalue weighted by Gasteiger charge is 2.18. The largest absolute Gasteiger partial charge is 0.354 e. The molecule has 9 nitrogen and oxygen atoms in total. The molecule has 4 aromatic rings. The van der Waals surface area contributed by atoms with Crippen LogP contribution in [0.3, 0.4) is 0 Å². The van der Waals surface area contributed by atoms with Crippen molar-refractivity contribution in [3.8, 4) is 0 Å². The first-order valence-electron chi connectivity index (χ1n) is 10.9. The summed E-state index contributed by atoms with van der Waals surface area (Å²) in [4.78, 5) is 38.9. The first-order chi connectivity index (χ1) is 16.3. The van der Waals surface area contributed by atoms with E-state index in [9.17, 15) is 14.4 Å². The van der Waals surface area contributed by atoms with E-state index < -0.39 is 0 Å². The fourth-order valence-electron chi connectivity index (χ4n) is 3.58. The van der Waals surface area contributed by atoms with Crippen LogP contribution in [0.15, 0.2) is 45.7 Å². The number of aryl methyl sites for hydroxylation is 2. The van der Waals surface area contributed by atoms with Crippen LogP contribution in [0.2, 0.25) is 0 Å². The zero-order valence-corrected chi connectivity index (χ0v) is 20.8. The van der Waals surface area contributed by atoms with Crippen molar-refractivity contribution in [1.29, 1.82) is 0 Å². The fraction of sp³-hybridized carbons (Fsp3) is 0.348. The molecule has 0 saturated carbocycles. The van der Waals surface area contributed by atoms with E-state index in [-0.39, 0.29) is 42.1 Å². The Morgan fingerprint density at radius 3 is 2.74 bits per heavy atom. The second-order valence-corrected chi connectivity index (χ2v) is 10.2. The maximum absolute atomic E-state index is 13.3. The van der Waals surface area contributed by atoms with E-state index in [1.807, 2.05) is 56.5 Å². The minimum absolute atomic E-state index is 0.0190. The number of nitrogens with zero attached hydrogens (tertiary/aromatic N) is 4. The van der Waals surface area contributed by atoms with Gasteiger partial charge in [-0.15, -0.1) is 21.5 Å². The quantitative estimate of drug-likeness (QED) is 0.344. The van der Waals surface area contributed by atoms with Gasteiger partial charge in [0.2, 0.25) is 17.6 Å². The lowest BCUT2D eigenvalue weighted by molar-refractivity contribution is -0.122. The van der Waals surface area contributed by atoms with Gasteiger partial charge in [-0.3, -0.25) is 23.4 Å². The summed E-state index contributed by atoms with van der Waals surface area (Å²) in [7, 11) is 0. The van der Waals surface area contributed by atoms with Gasteiger partial charge in [0.25, 0.3) is 5.56 Å². The van der Waals surface area contributed by atoms with Gasteiger partial charge in [0.05, 0.1) is 23.2 Å². The Morgan fingerprint density at radius 2 is 2.00 bits per heavy atom. The SMILES string of the molecule is Cc1ccc2c(c1)c(=O)n(CCC(=O)NC(C)C)c1nnc(SCC(=O)NCc3cccs3)n21. The molecule has 0 fully saturated rings. The molecule has 34 heavy (non-hydrogen) atoms. The smallest absolute Gasteiger partial charge is 0.262 e. The molecule has 2 amide bonds. The predicted octanol–water partition coefficient (Wildman–Crippen LogP) is 2.74. The second kappa shape index (κ2) is 10.4. The minimum Gasteiger partial charge on any atom is -0.354 e. The van der Waals surface area contributed by atoms with Crippen LogP contribution in [0.1, 0.15) is 30.7 Å². The van der Waals surface area contributed by atoms with E-state index in [2.05, 4.69) is 20.8 Å². The molecule has 0 saturated heterocycles. The number of amides is 2. The number of fused-ring (bicyclic) bond motifs is 3. The van der Waals surface area contributed by atoms with Gasteiger partial charge < -0.3 is 10.6 Å². The van der Waals surface area contributed by atoms with E-state index in [4.69, 9.17) is 0 Å². The molecule has 0 aliphatic carbocycles. The van der Waals surface area contributed by atoms with Crippen LogP contribution in [0.5, 0.6) is 0 Å². The van der Waals surface area contributed by atoms with Gasteiger partial charge in [0.15, 0.2) is 5.16 Å². The lowest BCUT2D eigenvalue weighted by Gasteiger charge is -2.13. The van der Waals surface area contributed by atoms with Gasteiger partial charge in [-0.25, -0.2) is 0 Å². The van der Waals surface area contributed by atoms with Crippen LogP contribution >= 0.6 is 23.1 Å². The Kier molecular flexibility index (Phi) is 7.32. The van der Waals surface area contributed by atoms with Gasteiger partial charge in [-0.2, -0.15) is 0 Å². The van der Waals surface area contributed by atoms with Crippen molar-refractivity contribution in [2.75, 3.05) is 5.75 Å². The number of rotatable bonds is 9. The molecule has 0 aliphatic heterocycles.